The minimum Gasteiger partial charge on any atom is -0.295 e. The normalized spacial score (nSPS) is 10.5. The maximum Gasteiger partial charge on any atom is 2.00 e. The van der Waals surface area contributed by atoms with Crippen LogP contribution in [0.3, 0.4) is 0 Å². The van der Waals surface area contributed by atoms with Crippen molar-refractivity contribution in [3.8, 4) is 22.5 Å². The monoisotopic (exact) mass is 527 g/mol. The van der Waals surface area contributed by atoms with Crippen LogP contribution in [-0.4, -0.2) is 9.97 Å². The predicted octanol–water partition coefficient (Wildman–Crippen LogP) is 5.47. The fraction of sp³-hybridized carbons (Fsp3) is 0. The molecule has 0 aliphatic rings. The molecule has 0 saturated heterocycles. The topological polar surface area (TPSA) is 25.8 Å². The maximum absolute atomic E-state index is 4.45. The van der Waals surface area contributed by atoms with E-state index < -0.39 is 0 Å². The molecule has 2 nitrogen and oxygen atoms in total. The fourth-order valence-corrected chi connectivity index (χ4v) is 2.75. The van der Waals surface area contributed by atoms with Gasteiger partial charge in [0, 0.05) is 23.8 Å². The Morgan fingerprint density at radius 1 is 0.704 bits per heavy atom. The third kappa shape index (κ3) is 4.67. The van der Waals surface area contributed by atoms with E-state index in [1.165, 1.54) is 0 Å². The molecule has 4 rings (SSSR count). The van der Waals surface area contributed by atoms with Crippen molar-refractivity contribution in [2.75, 3.05) is 0 Å². The number of hydrogen-bond acceptors (Lipinski definition) is 2. The number of pyridine rings is 2. The van der Waals surface area contributed by atoms with Crippen LogP contribution in [0.15, 0.2) is 91.3 Å². The number of nitrogens with zero attached hydrogens (tertiary/aromatic N) is 2. The Labute approximate surface area is 173 Å². The second-order valence-electron chi connectivity index (χ2n) is 5.78. The van der Waals surface area contributed by atoms with Gasteiger partial charge in [0.05, 0.1) is 0 Å². The van der Waals surface area contributed by atoms with Gasteiger partial charge < -0.3 is 0 Å². The van der Waals surface area contributed by atoms with Gasteiger partial charge in [0.15, 0.2) is 0 Å². The molecule has 0 radical (unpaired) electrons. The molecule has 3 heteroatoms. The quantitative estimate of drug-likeness (QED) is 0.260. The van der Waals surface area contributed by atoms with Crippen LogP contribution in [0, 0.1) is 12.1 Å². The minimum atomic E-state index is 0. The van der Waals surface area contributed by atoms with Crippen LogP contribution >= 0.6 is 0 Å². The molecular formula is C24H16N2Pt. The minimum absolute atomic E-state index is 0. The first kappa shape index (κ1) is 18.9. The molecule has 132 valence electrons. The van der Waals surface area contributed by atoms with Gasteiger partial charge in [0.1, 0.15) is 0 Å². The number of benzene rings is 2. The Bertz CT molecular complexity index is 1030. The Morgan fingerprint density at radius 3 is 2.15 bits per heavy atom. The molecule has 2 aromatic heterocycles. The third-order valence-corrected chi connectivity index (χ3v) is 4.01. The number of rotatable bonds is 4. The van der Waals surface area contributed by atoms with E-state index in [0.29, 0.717) is 0 Å². The molecule has 0 N–H and O–H groups in total. The Morgan fingerprint density at radius 2 is 1.41 bits per heavy atom. The molecule has 0 amide bonds. The summed E-state index contributed by atoms with van der Waals surface area (Å²) in [4.78, 5) is 8.84. The molecule has 0 saturated carbocycles. The SMILES string of the molecule is [C-](=Cc1[c-]c(-c2ccccn2)ccc1)c1ccccc1-c1ccccn1.[Pt+2]. The molecule has 0 bridgehead atoms. The summed E-state index contributed by atoms with van der Waals surface area (Å²) >= 11 is 0. The van der Waals surface area contributed by atoms with Gasteiger partial charge in [0.25, 0.3) is 0 Å². The molecular weight excluding hydrogens is 511 g/mol. The number of aromatic nitrogens is 2. The predicted molar refractivity (Wildman–Crippen MR) is 105 cm³/mol. The molecule has 0 aliphatic carbocycles. The van der Waals surface area contributed by atoms with Gasteiger partial charge in [-0.1, -0.05) is 35.9 Å². The summed E-state index contributed by atoms with van der Waals surface area (Å²) < 4.78 is 0. The Balaban J connectivity index is 0.00000210. The molecule has 0 unspecified atom stereocenters. The summed E-state index contributed by atoms with van der Waals surface area (Å²) in [5, 5.41) is 0. The van der Waals surface area contributed by atoms with Crippen LogP contribution in [0.4, 0.5) is 0 Å². The van der Waals surface area contributed by atoms with Crippen molar-refractivity contribution in [3.05, 3.63) is 115 Å². The zero-order chi connectivity index (χ0) is 17.6. The summed E-state index contributed by atoms with van der Waals surface area (Å²) in [5.41, 5.74) is 5.85. The first-order chi connectivity index (χ1) is 12.9. The number of hydrogen-bond donors (Lipinski definition) is 0. The van der Waals surface area contributed by atoms with Gasteiger partial charge in [-0.2, -0.15) is 23.8 Å². The Hall–Kier alpha value is -2.83. The fourth-order valence-electron chi connectivity index (χ4n) is 2.75. The summed E-state index contributed by atoms with van der Waals surface area (Å²) in [6, 6.07) is 29.4. The van der Waals surface area contributed by atoms with Crippen LogP contribution in [0.1, 0.15) is 11.1 Å². The first-order valence-corrected chi connectivity index (χ1v) is 8.44. The average molecular weight is 527 g/mol. The third-order valence-electron chi connectivity index (χ3n) is 4.01. The van der Waals surface area contributed by atoms with Crippen LogP contribution in [-0.2, 0) is 21.1 Å². The van der Waals surface area contributed by atoms with Gasteiger partial charge >= 0.3 is 21.1 Å². The average Bonchev–Trinajstić information content (AvgIpc) is 2.74. The molecule has 2 aromatic carbocycles. The first-order valence-electron chi connectivity index (χ1n) is 8.44. The zero-order valence-electron chi connectivity index (χ0n) is 14.4. The molecule has 0 spiro atoms. The van der Waals surface area contributed by atoms with Crippen LogP contribution < -0.4 is 0 Å². The summed E-state index contributed by atoms with van der Waals surface area (Å²) in [5.74, 6) is 0. The second-order valence-corrected chi connectivity index (χ2v) is 5.78. The molecule has 0 atom stereocenters. The largest absolute Gasteiger partial charge is 2.00 e. The van der Waals surface area contributed by atoms with E-state index in [4.69, 9.17) is 0 Å². The van der Waals surface area contributed by atoms with Crippen molar-refractivity contribution in [2.45, 2.75) is 0 Å². The van der Waals surface area contributed by atoms with Crippen molar-refractivity contribution in [1.29, 1.82) is 0 Å². The van der Waals surface area contributed by atoms with Gasteiger partial charge in [-0.25, -0.2) is 6.08 Å². The van der Waals surface area contributed by atoms with E-state index in [1.54, 1.807) is 12.4 Å². The van der Waals surface area contributed by atoms with Crippen molar-refractivity contribution in [1.82, 2.24) is 9.97 Å². The van der Waals surface area contributed by atoms with E-state index in [-0.39, 0.29) is 21.1 Å². The maximum atomic E-state index is 4.45. The molecule has 0 aliphatic heterocycles. The van der Waals surface area contributed by atoms with E-state index in [2.05, 4.69) is 28.2 Å². The molecule has 2 heterocycles. The smallest absolute Gasteiger partial charge is 0.295 e. The van der Waals surface area contributed by atoms with Gasteiger partial charge in [-0.15, -0.1) is 35.4 Å². The summed E-state index contributed by atoms with van der Waals surface area (Å²) in [6.45, 7) is 0. The van der Waals surface area contributed by atoms with Crippen molar-refractivity contribution >= 4 is 6.08 Å². The molecule has 0 fully saturated rings. The van der Waals surface area contributed by atoms with Crippen molar-refractivity contribution < 1.29 is 21.1 Å². The summed E-state index contributed by atoms with van der Waals surface area (Å²) in [7, 11) is 0. The van der Waals surface area contributed by atoms with Crippen molar-refractivity contribution in [2.24, 2.45) is 0 Å². The summed E-state index contributed by atoms with van der Waals surface area (Å²) in [6.07, 6.45) is 8.94. The zero-order valence-corrected chi connectivity index (χ0v) is 16.7. The van der Waals surface area contributed by atoms with Gasteiger partial charge in [-0.05, 0) is 18.2 Å². The van der Waals surface area contributed by atoms with E-state index in [9.17, 15) is 0 Å². The van der Waals surface area contributed by atoms with Crippen molar-refractivity contribution in [3.63, 3.8) is 0 Å². The van der Waals surface area contributed by atoms with Gasteiger partial charge in [0.2, 0.25) is 0 Å². The molecule has 27 heavy (non-hydrogen) atoms. The van der Waals surface area contributed by atoms with E-state index in [1.807, 2.05) is 78.9 Å². The van der Waals surface area contributed by atoms with Crippen LogP contribution in [0.25, 0.3) is 28.6 Å². The van der Waals surface area contributed by atoms with Gasteiger partial charge in [-0.3, -0.25) is 9.97 Å². The second kappa shape index (κ2) is 9.21. The van der Waals surface area contributed by atoms with Crippen LogP contribution in [0.5, 0.6) is 0 Å². The van der Waals surface area contributed by atoms with E-state index in [0.717, 1.165) is 33.6 Å². The standard InChI is InChI=1S/C24H16N2.Pt/c1-2-11-22(24-13-4-6-17-26-24)20(9-1)15-14-19-8-7-10-21(18-19)23-12-3-5-16-25-23;/h1-14,16-17H;/q-2;+2. The van der Waals surface area contributed by atoms with Crippen LogP contribution in [0.2, 0.25) is 0 Å². The molecule has 4 aromatic rings. The Kier molecular flexibility index (Phi) is 6.46. The van der Waals surface area contributed by atoms with E-state index >= 15 is 0 Å².